The molecule has 0 aromatic carbocycles. The molecular formula is C15H31NO3. The lowest BCUT2D eigenvalue weighted by Gasteiger charge is -2.25. The van der Waals surface area contributed by atoms with Crippen molar-refractivity contribution in [2.45, 2.75) is 58.4 Å². The molecule has 1 N–H and O–H groups in total. The molecule has 0 bridgehead atoms. The Morgan fingerprint density at radius 3 is 2.37 bits per heavy atom. The number of carbonyl (C=O) groups is 1. The number of likely N-dealkylation sites (N-methyl/N-ethyl adjacent to an activating group) is 1. The van der Waals surface area contributed by atoms with E-state index in [1.807, 2.05) is 6.92 Å². The number of hydrogen-bond acceptors (Lipinski definition) is 4. The molecule has 0 saturated heterocycles. The maximum absolute atomic E-state index is 11.6. The summed E-state index contributed by atoms with van der Waals surface area (Å²) >= 11 is 0. The van der Waals surface area contributed by atoms with E-state index in [2.05, 4.69) is 19.2 Å². The van der Waals surface area contributed by atoms with Crippen molar-refractivity contribution in [1.82, 2.24) is 5.32 Å². The highest BCUT2D eigenvalue weighted by atomic mass is 16.5. The van der Waals surface area contributed by atoms with Crippen LogP contribution in [0.25, 0.3) is 0 Å². The van der Waals surface area contributed by atoms with Gasteiger partial charge in [-0.15, -0.1) is 0 Å². The van der Waals surface area contributed by atoms with Crippen molar-refractivity contribution in [2.24, 2.45) is 5.92 Å². The Hall–Kier alpha value is -0.610. The van der Waals surface area contributed by atoms with Crippen molar-refractivity contribution in [2.75, 3.05) is 27.4 Å². The smallest absolute Gasteiger partial charge is 0.325 e. The third kappa shape index (κ3) is 8.22. The van der Waals surface area contributed by atoms with Crippen LogP contribution >= 0.6 is 0 Å². The lowest BCUT2D eigenvalue weighted by atomic mass is 9.95. The van der Waals surface area contributed by atoms with Gasteiger partial charge in [-0.05, 0) is 52.0 Å². The molecule has 0 saturated carbocycles. The summed E-state index contributed by atoms with van der Waals surface area (Å²) < 4.78 is 10.4. The largest absolute Gasteiger partial charge is 0.468 e. The van der Waals surface area contributed by atoms with Crippen LogP contribution in [0.15, 0.2) is 0 Å². The van der Waals surface area contributed by atoms with Gasteiger partial charge in [0.1, 0.15) is 5.54 Å². The van der Waals surface area contributed by atoms with Crippen molar-refractivity contribution < 1.29 is 14.3 Å². The Morgan fingerprint density at radius 1 is 1.21 bits per heavy atom. The summed E-state index contributed by atoms with van der Waals surface area (Å²) in [6, 6.07) is 0. The molecule has 4 nitrogen and oxygen atoms in total. The van der Waals surface area contributed by atoms with E-state index < -0.39 is 5.54 Å². The third-order valence-corrected chi connectivity index (χ3v) is 3.47. The van der Waals surface area contributed by atoms with Gasteiger partial charge in [-0.2, -0.15) is 0 Å². The number of esters is 1. The molecule has 1 atom stereocenters. The zero-order valence-electron chi connectivity index (χ0n) is 13.3. The van der Waals surface area contributed by atoms with Crippen molar-refractivity contribution in [3.8, 4) is 0 Å². The fourth-order valence-electron chi connectivity index (χ4n) is 1.93. The van der Waals surface area contributed by atoms with E-state index >= 15 is 0 Å². The number of ether oxygens (including phenoxy) is 2. The second-order valence-electron chi connectivity index (χ2n) is 5.68. The van der Waals surface area contributed by atoms with Crippen LogP contribution in [0, 0.1) is 5.92 Å². The van der Waals surface area contributed by atoms with Gasteiger partial charge >= 0.3 is 5.97 Å². The predicted octanol–water partition coefficient (Wildman–Crippen LogP) is 2.76. The standard InChI is InChI=1S/C15H31NO3/c1-13(2)9-8-12-19-11-7-6-10-15(3,16-4)14(17)18-5/h13,16H,6-12H2,1-5H3. The molecule has 0 aliphatic rings. The lowest BCUT2D eigenvalue weighted by Crippen LogP contribution is -2.48. The van der Waals surface area contributed by atoms with Crippen LogP contribution in [0.4, 0.5) is 0 Å². The Kier molecular flexibility index (Phi) is 9.88. The molecule has 0 spiro atoms. The first-order valence-electron chi connectivity index (χ1n) is 7.31. The molecule has 19 heavy (non-hydrogen) atoms. The lowest BCUT2D eigenvalue weighted by molar-refractivity contribution is -0.148. The molecule has 0 fully saturated rings. The van der Waals surface area contributed by atoms with Gasteiger partial charge in [0.2, 0.25) is 0 Å². The van der Waals surface area contributed by atoms with E-state index in [1.54, 1.807) is 7.05 Å². The average molecular weight is 273 g/mol. The summed E-state index contributed by atoms with van der Waals surface area (Å²) in [5.74, 6) is 0.549. The molecule has 4 heteroatoms. The monoisotopic (exact) mass is 273 g/mol. The first kappa shape index (κ1) is 18.4. The summed E-state index contributed by atoms with van der Waals surface area (Å²) in [5, 5.41) is 3.04. The highest BCUT2D eigenvalue weighted by Gasteiger charge is 2.31. The van der Waals surface area contributed by atoms with Crippen molar-refractivity contribution in [1.29, 1.82) is 0 Å². The van der Waals surface area contributed by atoms with Crippen molar-refractivity contribution in [3.05, 3.63) is 0 Å². The molecule has 0 aliphatic heterocycles. The summed E-state index contributed by atoms with van der Waals surface area (Å²) in [7, 11) is 3.22. The highest BCUT2D eigenvalue weighted by Crippen LogP contribution is 2.15. The Labute approximate surface area is 118 Å². The van der Waals surface area contributed by atoms with Gasteiger partial charge in [0, 0.05) is 13.2 Å². The zero-order valence-corrected chi connectivity index (χ0v) is 13.3. The van der Waals surface area contributed by atoms with E-state index in [9.17, 15) is 4.79 Å². The molecule has 0 rings (SSSR count). The molecule has 0 heterocycles. The van der Waals surface area contributed by atoms with Gasteiger partial charge in [-0.1, -0.05) is 13.8 Å². The molecule has 114 valence electrons. The zero-order chi connectivity index (χ0) is 14.7. The minimum absolute atomic E-state index is 0.201. The van der Waals surface area contributed by atoms with Crippen LogP contribution in [-0.4, -0.2) is 38.9 Å². The SMILES string of the molecule is CNC(C)(CCCCOCCCC(C)C)C(=O)OC. The van der Waals surface area contributed by atoms with E-state index in [-0.39, 0.29) is 5.97 Å². The van der Waals surface area contributed by atoms with Crippen LogP contribution in [-0.2, 0) is 14.3 Å². The molecule has 0 aromatic rings. The van der Waals surface area contributed by atoms with E-state index in [0.29, 0.717) is 0 Å². The molecule has 0 radical (unpaired) electrons. The van der Waals surface area contributed by atoms with Crippen molar-refractivity contribution >= 4 is 5.97 Å². The van der Waals surface area contributed by atoms with Crippen LogP contribution in [0.5, 0.6) is 0 Å². The maximum Gasteiger partial charge on any atom is 0.325 e. The van der Waals surface area contributed by atoms with Gasteiger partial charge in [0.15, 0.2) is 0 Å². The quantitative estimate of drug-likeness (QED) is 0.464. The van der Waals surface area contributed by atoms with Gasteiger partial charge in [0.25, 0.3) is 0 Å². The fraction of sp³-hybridized carbons (Fsp3) is 0.933. The summed E-state index contributed by atoms with van der Waals surface area (Å²) in [5.41, 5.74) is -0.577. The molecule has 0 amide bonds. The van der Waals surface area contributed by atoms with Gasteiger partial charge in [-0.3, -0.25) is 4.79 Å². The second-order valence-corrected chi connectivity index (χ2v) is 5.68. The summed E-state index contributed by atoms with van der Waals surface area (Å²) in [6.07, 6.45) is 5.06. The van der Waals surface area contributed by atoms with E-state index in [4.69, 9.17) is 9.47 Å². The number of methoxy groups -OCH3 is 1. The Balaban J connectivity index is 3.59. The second kappa shape index (κ2) is 10.2. The first-order valence-corrected chi connectivity index (χ1v) is 7.31. The number of nitrogens with one attached hydrogen (secondary N) is 1. The minimum atomic E-state index is -0.577. The fourth-order valence-corrected chi connectivity index (χ4v) is 1.93. The highest BCUT2D eigenvalue weighted by molar-refractivity contribution is 5.80. The van der Waals surface area contributed by atoms with Crippen LogP contribution in [0.1, 0.15) is 52.9 Å². The maximum atomic E-state index is 11.6. The summed E-state index contributed by atoms with van der Waals surface area (Å²) in [6.45, 7) is 7.96. The van der Waals surface area contributed by atoms with Crippen LogP contribution in [0.3, 0.4) is 0 Å². The third-order valence-electron chi connectivity index (χ3n) is 3.47. The molecule has 0 aliphatic carbocycles. The van der Waals surface area contributed by atoms with Gasteiger partial charge in [-0.25, -0.2) is 0 Å². The topological polar surface area (TPSA) is 47.6 Å². The Bertz CT molecular complexity index is 244. The normalized spacial score (nSPS) is 14.4. The van der Waals surface area contributed by atoms with Crippen LogP contribution < -0.4 is 5.32 Å². The number of carbonyl (C=O) groups excluding carboxylic acids is 1. The number of hydrogen-bond donors (Lipinski definition) is 1. The predicted molar refractivity (Wildman–Crippen MR) is 78.2 cm³/mol. The Morgan fingerprint density at radius 2 is 1.84 bits per heavy atom. The minimum Gasteiger partial charge on any atom is -0.468 e. The van der Waals surface area contributed by atoms with Crippen molar-refractivity contribution in [3.63, 3.8) is 0 Å². The van der Waals surface area contributed by atoms with Crippen LogP contribution in [0.2, 0.25) is 0 Å². The van der Waals surface area contributed by atoms with E-state index in [1.165, 1.54) is 13.5 Å². The molecule has 1 unspecified atom stereocenters. The van der Waals surface area contributed by atoms with E-state index in [0.717, 1.165) is 44.8 Å². The average Bonchev–Trinajstić information content (AvgIpc) is 2.40. The molecular weight excluding hydrogens is 242 g/mol. The summed E-state index contributed by atoms with van der Waals surface area (Å²) in [4.78, 5) is 11.6. The number of unbranched alkanes of at least 4 members (excludes halogenated alkanes) is 1. The first-order chi connectivity index (χ1) is 8.96. The molecule has 0 aromatic heterocycles. The van der Waals surface area contributed by atoms with Gasteiger partial charge in [0.05, 0.1) is 7.11 Å². The van der Waals surface area contributed by atoms with Gasteiger partial charge < -0.3 is 14.8 Å². The number of rotatable bonds is 11.